The molecule has 9 heteroatoms. The summed E-state index contributed by atoms with van der Waals surface area (Å²) in [6, 6.07) is 5.82. The Morgan fingerprint density at radius 2 is 1.96 bits per heavy atom. The Kier molecular flexibility index (Phi) is 6.39. The highest BCUT2D eigenvalue weighted by Gasteiger charge is 2.43. The maximum absolute atomic E-state index is 12.6. The van der Waals surface area contributed by atoms with Crippen molar-refractivity contribution in [2.24, 2.45) is 0 Å². The van der Waals surface area contributed by atoms with E-state index in [-0.39, 0.29) is 24.3 Å². The van der Waals surface area contributed by atoms with Gasteiger partial charge in [0.05, 0.1) is 4.90 Å². The van der Waals surface area contributed by atoms with Gasteiger partial charge in [0.15, 0.2) is 0 Å². The van der Waals surface area contributed by atoms with Crippen molar-refractivity contribution in [2.75, 3.05) is 19.7 Å². The fourth-order valence-electron chi connectivity index (χ4n) is 2.56. The van der Waals surface area contributed by atoms with E-state index in [1.165, 1.54) is 24.3 Å². The van der Waals surface area contributed by atoms with E-state index in [1.54, 1.807) is 12.4 Å². The van der Waals surface area contributed by atoms with Crippen LogP contribution < -0.4 is 20.3 Å². The molecule has 0 aliphatic carbocycles. The zero-order valence-electron chi connectivity index (χ0n) is 13.8. The molecular weight excluding hydrogens is 346 g/mol. The first-order chi connectivity index (χ1) is 11.9. The van der Waals surface area contributed by atoms with Crippen LogP contribution in [0.4, 0.5) is 0 Å². The molecule has 0 spiro atoms. The predicted octanol–water partition coefficient (Wildman–Crippen LogP) is -0.00540. The van der Waals surface area contributed by atoms with E-state index in [0.717, 1.165) is 0 Å². The topological polar surface area (TPSA) is 117 Å². The van der Waals surface area contributed by atoms with E-state index in [1.807, 2.05) is 0 Å². The molecule has 1 aromatic rings. The third-order valence-electron chi connectivity index (χ3n) is 3.94. The average molecular weight is 367 g/mol. The summed E-state index contributed by atoms with van der Waals surface area (Å²) in [5, 5.41) is 12.0. The first kappa shape index (κ1) is 19.2. The van der Waals surface area contributed by atoms with Crippen molar-refractivity contribution in [1.82, 2.24) is 15.5 Å². The molecule has 1 aliphatic rings. The van der Waals surface area contributed by atoms with Crippen LogP contribution in [0.3, 0.4) is 0 Å². The van der Waals surface area contributed by atoms with Gasteiger partial charge in [0.25, 0.3) is 5.91 Å². The van der Waals surface area contributed by atoms with Crippen molar-refractivity contribution in [3.8, 4) is 17.6 Å². The Morgan fingerprint density at radius 3 is 2.52 bits per heavy atom. The Hall–Kier alpha value is -2.12. The second-order valence-corrected chi connectivity index (χ2v) is 7.25. The van der Waals surface area contributed by atoms with Crippen LogP contribution in [0.25, 0.3) is 0 Å². The van der Waals surface area contributed by atoms with Crippen molar-refractivity contribution in [3.05, 3.63) is 24.3 Å². The number of rotatable bonds is 6. The summed E-state index contributed by atoms with van der Waals surface area (Å²) in [6.45, 7) is 2.83. The van der Waals surface area contributed by atoms with Gasteiger partial charge < -0.3 is 10.1 Å². The fourth-order valence-corrected chi connectivity index (χ4v) is 3.98. The van der Waals surface area contributed by atoms with Crippen LogP contribution in [0.15, 0.2) is 29.2 Å². The summed E-state index contributed by atoms with van der Waals surface area (Å²) in [6.07, 6.45) is 0.463. The van der Waals surface area contributed by atoms with Gasteiger partial charge in [-0.15, -0.1) is 5.92 Å². The quantitative estimate of drug-likeness (QED) is 0.319. The minimum Gasteiger partial charge on any atom is -0.481 e. The number of carbonyl (C=O) groups excluding carboxylic acids is 1. The summed E-state index contributed by atoms with van der Waals surface area (Å²) in [5.74, 6) is 5.16. The number of sulfonamides is 1. The van der Waals surface area contributed by atoms with E-state index in [0.29, 0.717) is 18.8 Å². The molecule has 25 heavy (non-hydrogen) atoms. The molecule has 1 amide bonds. The van der Waals surface area contributed by atoms with Gasteiger partial charge in [-0.05, 0) is 57.1 Å². The van der Waals surface area contributed by atoms with Crippen molar-refractivity contribution in [2.45, 2.75) is 30.2 Å². The molecule has 1 aliphatic heterocycles. The number of hydroxylamine groups is 1. The fraction of sp³-hybridized carbons (Fsp3) is 0.438. The van der Waals surface area contributed by atoms with Gasteiger partial charge in [0, 0.05) is 0 Å². The smallest absolute Gasteiger partial charge is 0.264 e. The second kappa shape index (κ2) is 8.31. The van der Waals surface area contributed by atoms with Gasteiger partial charge in [-0.3, -0.25) is 10.0 Å². The molecule has 2 rings (SSSR count). The average Bonchev–Trinajstić information content (AvgIpc) is 2.62. The van der Waals surface area contributed by atoms with Crippen LogP contribution in [-0.4, -0.2) is 44.8 Å². The van der Waals surface area contributed by atoms with Crippen LogP contribution in [0.1, 0.15) is 19.8 Å². The summed E-state index contributed by atoms with van der Waals surface area (Å²) in [7, 11) is -3.95. The Bertz CT molecular complexity index is 759. The molecule has 4 N–H and O–H groups in total. The Labute approximate surface area is 147 Å². The van der Waals surface area contributed by atoms with Crippen molar-refractivity contribution >= 4 is 15.9 Å². The molecule has 1 saturated heterocycles. The normalized spacial score (nSPS) is 16.4. The van der Waals surface area contributed by atoms with E-state index in [2.05, 4.69) is 21.9 Å². The van der Waals surface area contributed by atoms with Gasteiger partial charge in [-0.25, -0.2) is 13.9 Å². The number of hydrogen-bond acceptors (Lipinski definition) is 6. The number of carbonyl (C=O) groups is 1. The van der Waals surface area contributed by atoms with Gasteiger partial charge in [0.2, 0.25) is 10.0 Å². The molecular formula is C16H21N3O5S. The van der Waals surface area contributed by atoms with Crippen LogP contribution in [0, 0.1) is 11.8 Å². The molecule has 1 aromatic carbocycles. The monoisotopic (exact) mass is 367 g/mol. The second-order valence-electron chi connectivity index (χ2n) is 5.57. The first-order valence-corrected chi connectivity index (χ1v) is 9.23. The van der Waals surface area contributed by atoms with Crippen molar-refractivity contribution < 1.29 is 23.2 Å². The molecule has 136 valence electrons. The largest absolute Gasteiger partial charge is 0.481 e. The van der Waals surface area contributed by atoms with Gasteiger partial charge in [-0.2, -0.15) is 4.72 Å². The molecule has 0 radical (unpaired) electrons. The van der Waals surface area contributed by atoms with Gasteiger partial charge in [-0.1, -0.05) is 5.92 Å². The highest BCUT2D eigenvalue weighted by atomic mass is 32.2. The van der Waals surface area contributed by atoms with Gasteiger partial charge in [0.1, 0.15) is 17.9 Å². The van der Waals surface area contributed by atoms with E-state index >= 15 is 0 Å². The maximum Gasteiger partial charge on any atom is 0.264 e. The highest BCUT2D eigenvalue weighted by molar-refractivity contribution is 7.89. The minimum absolute atomic E-state index is 0.00470. The van der Waals surface area contributed by atoms with Crippen LogP contribution in [-0.2, 0) is 14.8 Å². The van der Waals surface area contributed by atoms with Crippen LogP contribution >= 0.6 is 0 Å². The number of piperidine rings is 1. The number of amides is 1. The molecule has 0 unspecified atom stereocenters. The molecule has 1 heterocycles. The van der Waals surface area contributed by atoms with E-state index in [9.17, 15) is 13.2 Å². The lowest BCUT2D eigenvalue weighted by molar-refractivity contribution is -0.136. The third kappa shape index (κ3) is 4.70. The highest BCUT2D eigenvalue weighted by Crippen LogP contribution is 2.23. The lowest BCUT2D eigenvalue weighted by Crippen LogP contribution is -2.62. The molecule has 1 fully saturated rings. The maximum atomic E-state index is 12.6. The summed E-state index contributed by atoms with van der Waals surface area (Å²) >= 11 is 0. The molecule has 0 bridgehead atoms. The van der Waals surface area contributed by atoms with Crippen LogP contribution in [0.5, 0.6) is 5.75 Å². The first-order valence-electron chi connectivity index (χ1n) is 7.75. The zero-order chi connectivity index (χ0) is 18.3. The molecule has 0 atom stereocenters. The lowest BCUT2D eigenvalue weighted by Gasteiger charge is -2.35. The predicted molar refractivity (Wildman–Crippen MR) is 90.5 cm³/mol. The number of ether oxygens (including phenoxy) is 1. The van der Waals surface area contributed by atoms with Crippen LogP contribution in [0.2, 0.25) is 0 Å². The zero-order valence-corrected chi connectivity index (χ0v) is 14.6. The number of hydrogen-bond donors (Lipinski definition) is 4. The Balaban J connectivity index is 2.18. The number of benzene rings is 1. The third-order valence-corrected chi connectivity index (χ3v) is 5.50. The van der Waals surface area contributed by atoms with E-state index in [4.69, 9.17) is 9.94 Å². The molecule has 0 aromatic heterocycles. The lowest BCUT2D eigenvalue weighted by atomic mass is 9.89. The molecule has 8 nitrogen and oxygen atoms in total. The van der Waals surface area contributed by atoms with Gasteiger partial charge >= 0.3 is 0 Å². The van der Waals surface area contributed by atoms with Crippen molar-refractivity contribution in [3.63, 3.8) is 0 Å². The summed E-state index contributed by atoms with van der Waals surface area (Å²) < 4.78 is 33.1. The standard InChI is InChI=1S/C16H21N3O5S/c1-2-3-12-24-13-4-6-14(7-5-13)25(22,23)19-16(15(20)18-21)8-10-17-11-9-16/h4-7,17,19,21H,8-12H2,1H3,(H,18,20). The molecule has 0 saturated carbocycles. The summed E-state index contributed by atoms with van der Waals surface area (Å²) in [5.41, 5.74) is 0.177. The Morgan fingerprint density at radius 1 is 1.32 bits per heavy atom. The summed E-state index contributed by atoms with van der Waals surface area (Å²) in [4.78, 5) is 12.1. The van der Waals surface area contributed by atoms with E-state index < -0.39 is 21.5 Å². The number of nitrogens with one attached hydrogen (secondary N) is 3. The SMILES string of the molecule is CC#CCOc1ccc(S(=O)(=O)NC2(C(=O)NO)CCNCC2)cc1. The van der Waals surface area contributed by atoms with Crippen molar-refractivity contribution in [1.29, 1.82) is 0 Å². The minimum atomic E-state index is -3.95.